The van der Waals surface area contributed by atoms with Crippen LogP contribution in [0.3, 0.4) is 0 Å². The highest BCUT2D eigenvalue weighted by atomic mass is 35.5. The van der Waals surface area contributed by atoms with E-state index in [1.165, 1.54) is 12.1 Å². The Bertz CT molecular complexity index is 532. The number of anilines is 1. The van der Waals surface area contributed by atoms with Gasteiger partial charge in [-0.05, 0) is 29.8 Å². The fraction of sp³-hybridized carbons (Fsp3) is 0.0833. The topological polar surface area (TPSA) is 24.9 Å². The van der Waals surface area contributed by atoms with Gasteiger partial charge in [-0.25, -0.2) is 9.37 Å². The average Bonchev–Trinajstić information content (AvgIpc) is 2.28. The molecule has 0 spiro atoms. The second-order valence-electron chi connectivity index (χ2n) is 3.43. The van der Waals surface area contributed by atoms with Crippen molar-refractivity contribution >= 4 is 29.0 Å². The van der Waals surface area contributed by atoms with Gasteiger partial charge in [0, 0.05) is 11.6 Å². The third-order valence-corrected chi connectivity index (χ3v) is 2.75. The molecule has 0 radical (unpaired) electrons. The van der Waals surface area contributed by atoms with Gasteiger partial charge in [0.15, 0.2) is 0 Å². The minimum absolute atomic E-state index is 0.348. The number of hydrogen-bond donors (Lipinski definition) is 1. The molecule has 88 valence electrons. The van der Waals surface area contributed by atoms with E-state index in [-0.39, 0.29) is 5.82 Å². The molecule has 5 heteroatoms. The predicted molar refractivity (Wildman–Crippen MR) is 68.0 cm³/mol. The molecule has 0 unspecified atom stereocenters. The maximum atomic E-state index is 12.8. The Morgan fingerprint density at radius 1 is 1.18 bits per heavy atom. The molecule has 0 aliphatic rings. The molecule has 2 nitrogen and oxygen atoms in total. The summed E-state index contributed by atoms with van der Waals surface area (Å²) in [5.41, 5.74) is 0.801. The van der Waals surface area contributed by atoms with Gasteiger partial charge in [0.1, 0.15) is 16.8 Å². The third kappa shape index (κ3) is 3.32. The zero-order chi connectivity index (χ0) is 12.3. The van der Waals surface area contributed by atoms with Crippen LogP contribution in [-0.2, 0) is 6.54 Å². The van der Waals surface area contributed by atoms with E-state index < -0.39 is 0 Å². The number of aromatic nitrogens is 1. The first-order valence-corrected chi connectivity index (χ1v) is 5.71. The van der Waals surface area contributed by atoms with E-state index in [2.05, 4.69) is 10.3 Å². The monoisotopic (exact) mass is 270 g/mol. The zero-order valence-electron chi connectivity index (χ0n) is 8.75. The molecule has 0 atom stereocenters. The molecular weight excluding hydrogens is 262 g/mol. The molecule has 2 aromatic rings. The number of nitrogens with one attached hydrogen (secondary N) is 1. The highest BCUT2D eigenvalue weighted by Crippen LogP contribution is 2.18. The van der Waals surface area contributed by atoms with Crippen molar-refractivity contribution in [2.45, 2.75) is 6.54 Å². The van der Waals surface area contributed by atoms with Crippen LogP contribution >= 0.6 is 23.2 Å². The molecule has 0 saturated heterocycles. The average molecular weight is 271 g/mol. The molecule has 0 aliphatic heterocycles. The summed E-state index contributed by atoms with van der Waals surface area (Å²) in [7, 11) is 0. The molecule has 1 aromatic carbocycles. The minimum Gasteiger partial charge on any atom is -0.366 e. The molecule has 0 bridgehead atoms. The van der Waals surface area contributed by atoms with Crippen LogP contribution in [0.15, 0.2) is 36.4 Å². The summed E-state index contributed by atoms with van der Waals surface area (Å²) in [5, 5.41) is 3.86. The first-order chi connectivity index (χ1) is 8.15. The molecule has 1 heterocycles. The molecule has 0 fully saturated rings. The van der Waals surface area contributed by atoms with Gasteiger partial charge in [0.05, 0.1) is 0 Å². The van der Waals surface area contributed by atoms with Gasteiger partial charge in [-0.1, -0.05) is 35.3 Å². The lowest BCUT2D eigenvalue weighted by molar-refractivity contribution is 0.627. The second kappa shape index (κ2) is 5.34. The van der Waals surface area contributed by atoms with Crippen LogP contribution in [-0.4, -0.2) is 4.98 Å². The van der Waals surface area contributed by atoms with Gasteiger partial charge in [-0.15, -0.1) is 0 Å². The summed E-state index contributed by atoms with van der Waals surface area (Å²) < 4.78 is 12.8. The van der Waals surface area contributed by atoms with Crippen molar-refractivity contribution in [1.29, 1.82) is 0 Å². The second-order valence-corrected chi connectivity index (χ2v) is 4.23. The van der Waals surface area contributed by atoms with Gasteiger partial charge in [0.2, 0.25) is 0 Å². The molecule has 17 heavy (non-hydrogen) atoms. The first-order valence-electron chi connectivity index (χ1n) is 4.95. The van der Waals surface area contributed by atoms with Crippen LogP contribution in [0.25, 0.3) is 0 Å². The van der Waals surface area contributed by atoms with E-state index in [1.807, 2.05) is 0 Å². The molecule has 0 saturated carbocycles. The Labute approximate surface area is 108 Å². The van der Waals surface area contributed by atoms with Gasteiger partial charge in [-0.3, -0.25) is 0 Å². The van der Waals surface area contributed by atoms with Crippen molar-refractivity contribution in [1.82, 2.24) is 4.98 Å². The van der Waals surface area contributed by atoms with Crippen molar-refractivity contribution in [2.24, 2.45) is 0 Å². The van der Waals surface area contributed by atoms with Crippen molar-refractivity contribution < 1.29 is 4.39 Å². The van der Waals surface area contributed by atoms with Crippen molar-refractivity contribution in [3.8, 4) is 0 Å². The quantitative estimate of drug-likeness (QED) is 0.848. The van der Waals surface area contributed by atoms with Crippen LogP contribution in [0.5, 0.6) is 0 Å². The summed E-state index contributed by atoms with van der Waals surface area (Å²) in [6.45, 7) is 0.465. The highest BCUT2D eigenvalue weighted by Gasteiger charge is 2.02. The van der Waals surface area contributed by atoms with E-state index in [1.54, 1.807) is 24.3 Å². The lowest BCUT2D eigenvalue weighted by Gasteiger charge is -2.07. The first kappa shape index (κ1) is 12.1. The molecular formula is C12H9Cl2FN2. The lowest BCUT2D eigenvalue weighted by atomic mass is 10.2. The molecule has 2 rings (SSSR count). The van der Waals surface area contributed by atoms with Crippen molar-refractivity contribution in [3.63, 3.8) is 0 Å². The molecule has 1 N–H and O–H groups in total. The maximum absolute atomic E-state index is 12.8. The smallest absolute Gasteiger partial charge is 0.131 e. The van der Waals surface area contributed by atoms with Crippen LogP contribution < -0.4 is 5.32 Å². The summed E-state index contributed by atoms with van der Waals surface area (Å²) >= 11 is 11.7. The minimum atomic E-state index is -0.348. The normalized spacial score (nSPS) is 10.3. The number of pyridine rings is 1. The highest BCUT2D eigenvalue weighted by molar-refractivity contribution is 6.31. The summed E-state index contributed by atoms with van der Waals surface area (Å²) in [6.07, 6.45) is 0. The number of halogens is 3. The maximum Gasteiger partial charge on any atom is 0.131 e. The van der Waals surface area contributed by atoms with Gasteiger partial charge in [0.25, 0.3) is 0 Å². The van der Waals surface area contributed by atoms with Gasteiger partial charge >= 0.3 is 0 Å². The predicted octanol–water partition coefficient (Wildman–Crippen LogP) is 4.14. The Morgan fingerprint density at radius 3 is 2.71 bits per heavy atom. The number of hydrogen-bond acceptors (Lipinski definition) is 2. The van der Waals surface area contributed by atoms with Gasteiger partial charge in [-0.2, -0.15) is 0 Å². The van der Waals surface area contributed by atoms with Crippen LogP contribution in [0.4, 0.5) is 10.2 Å². The van der Waals surface area contributed by atoms with Crippen LogP contribution in [0.1, 0.15) is 5.56 Å². The van der Waals surface area contributed by atoms with Crippen molar-refractivity contribution in [3.05, 3.63) is 58.0 Å². The van der Waals surface area contributed by atoms with E-state index in [0.717, 1.165) is 5.56 Å². The van der Waals surface area contributed by atoms with E-state index in [0.29, 0.717) is 22.5 Å². The number of benzene rings is 1. The van der Waals surface area contributed by atoms with Gasteiger partial charge < -0.3 is 5.32 Å². The zero-order valence-corrected chi connectivity index (χ0v) is 10.3. The Hall–Kier alpha value is -1.32. The van der Waals surface area contributed by atoms with Crippen molar-refractivity contribution in [2.75, 3.05) is 5.32 Å². The Morgan fingerprint density at radius 2 is 2.00 bits per heavy atom. The Kier molecular flexibility index (Phi) is 3.82. The van der Waals surface area contributed by atoms with Crippen LogP contribution in [0, 0.1) is 5.82 Å². The molecule has 1 aromatic heterocycles. The molecule has 0 aliphatic carbocycles. The number of rotatable bonds is 3. The van der Waals surface area contributed by atoms with E-state index in [9.17, 15) is 4.39 Å². The number of nitrogens with zero attached hydrogens (tertiary/aromatic N) is 1. The standard InChI is InChI=1S/C12H9Cl2FN2/c13-10-6-9(15)5-4-8(10)7-16-12-3-1-2-11(14)17-12/h1-6H,7H2,(H,16,17). The fourth-order valence-electron chi connectivity index (χ4n) is 1.36. The molecule has 0 amide bonds. The summed E-state index contributed by atoms with van der Waals surface area (Å²) in [4.78, 5) is 4.07. The fourth-order valence-corrected chi connectivity index (χ4v) is 1.76. The third-order valence-electron chi connectivity index (χ3n) is 2.19. The largest absolute Gasteiger partial charge is 0.366 e. The van der Waals surface area contributed by atoms with E-state index >= 15 is 0 Å². The van der Waals surface area contributed by atoms with E-state index in [4.69, 9.17) is 23.2 Å². The SMILES string of the molecule is Fc1ccc(CNc2cccc(Cl)n2)c(Cl)c1. The summed E-state index contributed by atoms with van der Waals surface area (Å²) in [5.74, 6) is 0.303. The Balaban J connectivity index is 2.07. The summed E-state index contributed by atoms with van der Waals surface area (Å²) in [6, 6.07) is 9.57. The van der Waals surface area contributed by atoms with Crippen LogP contribution in [0.2, 0.25) is 10.2 Å². The lowest BCUT2D eigenvalue weighted by Crippen LogP contribution is -2.02.